The van der Waals surface area contributed by atoms with Crippen LogP contribution in [0.5, 0.6) is 0 Å². The topological polar surface area (TPSA) is 67.4 Å². The van der Waals surface area contributed by atoms with Crippen molar-refractivity contribution >= 4 is 23.4 Å². The summed E-state index contributed by atoms with van der Waals surface area (Å²) in [6, 6.07) is 4.96. The van der Waals surface area contributed by atoms with Crippen LogP contribution in [0.4, 0.5) is 38.1 Å². The van der Waals surface area contributed by atoms with Crippen LogP contribution in [0.3, 0.4) is 0 Å². The van der Waals surface area contributed by atoms with Gasteiger partial charge >= 0.3 is 12.3 Å². The number of carbonyl (C=O) groups is 2. The van der Waals surface area contributed by atoms with Crippen LogP contribution < -0.4 is 10.6 Å². The zero-order chi connectivity index (χ0) is 22.0. The van der Waals surface area contributed by atoms with E-state index in [1.807, 2.05) is 0 Å². The molecule has 0 atom stereocenters. The zero-order valence-electron chi connectivity index (χ0n) is 15.6. The molecule has 0 radical (unpaired) electrons. The molecular weight excluding hydrogens is 399 g/mol. The first-order valence-corrected chi connectivity index (χ1v) is 8.24. The Balaban J connectivity index is 2.39. The average Bonchev–Trinajstić information content (AvgIpc) is 2.56. The molecule has 10 heteroatoms. The Labute approximate surface area is 162 Å². The van der Waals surface area contributed by atoms with E-state index in [0.717, 1.165) is 24.3 Å². The first-order chi connectivity index (χ1) is 13.3. The normalized spacial score (nSPS) is 11.7. The monoisotopic (exact) mass is 416 g/mol. The minimum Gasteiger partial charge on any atom is -0.444 e. The van der Waals surface area contributed by atoms with Crippen LogP contribution in [0.15, 0.2) is 36.4 Å². The molecule has 29 heavy (non-hydrogen) atoms. The van der Waals surface area contributed by atoms with Gasteiger partial charge in [0.15, 0.2) is 11.6 Å². The summed E-state index contributed by atoms with van der Waals surface area (Å²) >= 11 is 0. The SMILES string of the molecule is CC(C)(C)OC(=O)Nc1ccc(C(F)(F)F)cc1NC(=O)c1cccc(F)c1F. The third-order valence-electron chi connectivity index (χ3n) is 3.43. The molecule has 0 aliphatic rings. The van der Waals surface area contributed by atoms with Gasteiger partial charge in [-0.25, -0.2) is 13.6 Å². The Hall–Kier alpha value is -3.17. The number of benzene rings is 2. The maximum Gasteiger partial charge on any atom is 0.416 e. The highest BCUT2D eigenvalue weighted by molar-refractivity contribution is 6.07. The van der Waals surface area contributed by atoms with E-state index in [-0.39, 0.29) is 5.69 Å². The van der Waals surface area contributed by atoms with Gasteiger partial charge in [-0.3, -0.25) is 10.1 Å². The summed E-state index contributed by atoms with van der Waals surface area (Å²) in [5.74, 6) is -3.96. The van der Waals surface area contributed by atoms with E-state index < -0.39 is 52.2 Å². The molecular formula is C19H17F5N2O3. The summed E-state index contributed by atoms with van der Waals surface area (Å²) in [6.45, 7) is 4.73. The molecule has 2 aromatic carbocycles. The molecule has 0 aliphatic carbocycles. The van der Waals surface area contributed by atoms with Crippen LogP contribution in [0, 0.1) is 11.6 Å². The van der Waals surface area contributed by atoms with Crippen molar-refractivity contribution in [3.8, 4) is 0 Å². The minimum absolute atomic E-state index is 0.225. The predicted molar refractivity (Wildman–Crippen MR) is 95.6 cm³/mol. The van der Waals surface area contributed by atoms with Crippen molar-refractivity contribution in [2.24, 2.45) is 0 Å². The van der Waals surface area contributed by atoms with Crippen molar-refractivity contribution < 1.29 is 36.3 Å². The van der Waals surface area contributed by atoms with E-state index in [4.69, 9.17) is 4.74 Å². The summed E-state index contributed by atoms with van der Waals surface area (Å²) in [5.41, 5.74) is -3.42. The van der Waals surface area contributed by atoms with Crippen molar-refractivity contribution in [2.45, 2.75) is 32.5 Å². The fraction of sp³-hybridized carbons (Fsp3) is 0.263. The summed E-state index contributed by atoms with van der Waals surface area (Å²) in [7, 11) is 0. The van der Waals surface area contributed by atoms with Gasteiger partial charge in [0.05, 0.1) is 22.5 Å². The van der Waals surface area contributed by atoms with Crippen molar-refractivity contribution in [2.75, 3.05) is 10.6 Å². The third kappa shape index (κ3) is 5.90. The molecule has 2 N–H and O–H groups in total. The van der Waals surface area contributed by atoms with Gasteiger partial charge < -0.3 is 10.1 Å². The third-order valence-corrected chi connectivity index (χ3v) is 3.43. The van der Waals surface area contributed by atoms with Gasteiger partial charge in [0.2, 0.25) is 0 Å². The molecule has 0 aromatic heterocycles. The van der Waals surface area contributed by atoms with E-state index >= 15 is 0 Å². The lowest BCUT2D eigenvalue weighted by Crippen LogP contribution is -2.27. The van der Waals surface area contributed by atoms with Crippen molar-refractivity contribution in [3.05, 3.63) is 59.2 Å². The highest BCUT2D eigenvalue weighted by atomic mass is 19.4. The maximum atomic E-state index is 13.8. The first-order valence-electron chi connectivity index (χ1n) is 8.24. The summed E-state index contributed by atoms with van der Waals surface area (Å²) in [6.07, 6.45) is -5.72. The van der Waals surface area contributed by atoms with Crippen molar-refractivity contribution in [1.82, 2.24) is 0 Å². The summed E-state index contributed by atoms with van der Waals surface area (Å²) in [4.78, 5) is 24.2. The highest BCUT2D eigenvalue weighted by Crippen LogP contribution is 2.34. The van der Waals surface area contributed by atoms with E-state index in [2.05, 4.69) is 10.6 Å². The van der Waals surface area contributed by atoms with Crippen LogP contribution in [0.25, 0.3) is 0 Å². The van der Waals surface area contributed by atoms with Crippen LogP contribution in [0.1, 0.15) is 36.7 Å². The predicted octanol–water partition coefficient (Wildman–Crippen LogP) is 5.58. The van der Waals surface area contributed by atoms with Crippen LogP contribution in [0.2, 0.25) is 0 Å². The van der Waals surface area contributed by atoms with E-state index in [1.54, 1.807) is 20.8 Å². The lowest BCUT2D eigenvalue weighted by Gasteiger charge is -2.21. The van der Waals surface area contributed by atoms with E-state index in [9.17, 15) is 31.5 Å². The Morgan fingerprint density at radius 3 is 2.17 bits per heavy atom. The first kappa shape index (κ1) is 22.1. The zero-order valence-corrected chi connectivity index (χ0v) is 15.6. The van der Waals surface area contributed by atoms with Gasteiger partial charge in [-0.1, -0.05) is 6.07 Å². The molecule has 2 rings (SSSR count). The second-order valence-corrected chi connectivity index (χ2v) is 6.94. The number of rotatable bonds is 3. The lowest BCUT2D eigenvalue weighted by atomic mass is 10.1. The van der Waals surface area contributed by atoms with E-state index in [1.165, 1.54) is 0 Å². The molecule has 0 spiro atoms. The van der Waals surface area contributed by atoms with Crippen LogP contribution in [-0.2, 0) is 10.9 Å². The Bertz CT molecular complexity index is 936. The van der Waals surface area contributed by atoms with Crippen molar-refractivity contribution in [1.29, 1.82) is 0 Å². The smallest absolute Gasteiger partial charge is 0.416 e. The number of halogens is 5. The number of amides is 2. The van der Waals surface area contributed by atoms with Gasteiger partial charge in [-0.05, 0) is 51.1 Å². The molecule has 156 valence electrons. The quantitative estimate of drug-likeness (QED) is 0.642. The molecule has 0 saturated heterocycles. The molecule has 2 amide bonds. The number of hydrogen-bond donors (Lipinski definition) is 2. The highest BCUT2D eigenvalue weighted by Gasteiger charge is 2.31. The van der Waals surface area contributed by atoms with Crippen LogP contribution in [-0.4, -0.2) is 17.6 Å². The lowest BCUT2D eigenvalue weighted by molar-refractivity contribution is -0.137. The molecule has 0 heterocycles. The Morgan fingerprint density at radius 2 is 1.59 bits per heavy atom. The second-order valence-electron chi connectivity index (χ2n) is 6.94. The fourth-order valence-corrected chi connectivity index (χ4v) is 2.22. The van der Waals surface area contributed by atoms with Gasteiger partial charge in [0, 0.05) is 0 Å². The Kier molecular flexibility index (Phi) is 6.15. The molecule has 0 fully saturated rings. The average molecular weight is 416 g/mol. The fourth-order valence-electron chi connectivity index (χ4n) is 2.22. The van der Waals surface area contributed by atoms with Gasteiger partial charge in [-0.2, -0.15) is 13.2 Å². The number of nitrogens with one attached hydrogen (secondary N) is 2. The van der Waals surface area contributed by atoms with Crippen LogP contribution >= 0.6 is 0 Å². The molecule has 0 unspecified atom stereocenters. The number of anilines is 2. The number of alkyl halides is 3. The summed E-state index contributed by atoms with van der Waals surface area (Å²) in [5, 5.41) is 4.28. The van der Waals surface area contributed by atoms with Crippen molar-refractivity contribution in [3.63, 3.8) is 0 Å². The molecule has 5 nitrogen and oxygen atoms in total. The second kappa shape index (κ2) is 8.06. The van der Waals surface area contributed by atoms with Gasteiger partial charge in [0.1, 0.15) is 5.60 Å². The molecule has 2 aromatic rings. The molecule has 0 aliphatic heterocycles. The minimum atomic E-state index is -4.74. The summed E-state index contributed by atoms with van der Waals surface area (Å²) < 4.78 is 71.3. The Morgan fingerprint density at radius 1 is 0.931 bits per heavy atom. The molecule has 0 saturated carbocycles. The maximum absolute atomic E-state index is 13.8. The standard InChI is InChI=1S/C19H17F5N2O3/c1-18(2,3)29-17(28)26-13-8-7-10(19(22,23)24)9-14(13)25-16(27)11-5-4-6-12(20)15(11)21/h4-9H,1-3H3,(H,25,27)(H,26,28). The van der Waals surface area contributed by atoms with E-state index in [0.29, 0.717) is 12.1 Å². The number of hydrogen-bond acceptors (Lipinski definition) is 3. The number of carbonyl (C=O) groups excluding carboxylic acids is 2. The molecule has 0 bridgehead atoms. The van der Waals surface area contributed by atoms with Gasteiger partial charge in [-0.15, -0.1) is 0 Å². The number of ether oxygens (including phenoxy) is 1. The largest absolute Gasteiger partial charge is 0.444 e. The van der Waals surface area contributed by atoms with Gasteiger partial charge in [0.25, 0.3) is 5.91 Å².